The second-order valence-corrected chi connectivity index (χ2v) is 13.6. The average molecular weight is 685 g/mol. The predicted molar refractivity (Wildman–Crippen MR) is 195 cm³/mol. The third kappa shape index (κ3) is 6.10. The van der Waals surface area contributed by atoms with E-state index in [1.165, 1.54) is 0 Å². The molecule has 2 aromatic carbocycles. The Morgan fingerprint density at radius 3 is 2.02 bits per heavy atom. The van der Waals surface area contributed by atoms with Gasteiger partial charge in [0.1, 0.15) is 17.4 Å². The molecular formula is C40H52N4O6. The van der Waals surface area contributed by atoms with E-state index in [4.69, 9.17) is 9.47 Å². The molecule has 5 atom stereocenters. The summed E-state index contributed by atoms with van der Waals surface area (Å²) in [6.07, 6.45) is 11.3. The molecule has 1 N–H and O–H groups in total. The number of hydrogen-bond donors (Lipinski definition) is 1. The predicted octanol–water partition coefficient (Wildman–Crippen LogP) is 5.35. The van der Waals surface area contributed by atoms with Gasteiger partial charge in [0.2, 0.25) is 11.8 Å². The van der Waals surface area contributed by atoms with Gasteiger partial charge in [-0.3, -0.25) is 14.4 Å². The highest BCUT2D eigenvalue weighted by Crippen LogP contribution is 2.59. The average Bonchev–Trinajstić information content (AvgIpc) is 3.41. The topological polar surface area (TPSA) is 103 Å². The van der Waals surface area contributed by atoms with Crippen LogP contribution in [0.2, 0.25) is 0 Å². The van der Waals surface area contributed by atoms with Crippen molar-refractivity contribution in [1.29, 1.82) is 0 Å². The normalized spacial score (nSPS) is 27.3. The number of carbonyl (C=O) groups excluding carboxylic acids is 3. The number of ether oxygens (including phenoxy) is 2. The number of aliphatic hydroxyl groups is 1. The summed E-state index contributed by atoms with van der Waals surface area (Å²) >= 11 is 0. The molecule has 4 aliphatic heterocycles. The highest BCUT2D eigenvalue weighted by molar-refractivity contribution is 6.07. The lowest BCUT2D eigenvalue weighted by Crippen LogP contribution is -2.56. The summed E-state index contributed by atoms with van der Waals surface area (Å²) in [6, 6.07) is 14.5. The molecule has 1 spiro atoms. The first kappa shape index (κ1) is 35.7. The summed E-state index contributed by atoms with van der Waals surface area (Å²) in [5, 5.41) is 9.32. The summed E-state index contributed by atoms with van der Waals surface area (Å²) in [7, 11) is 0. The maximum atomic E-state index is 14.9. The number of fused-ring (bicyclic) bond motifs is 2. The van der Waals surface area contributed by atoms with Crippen LogP contribution in [-0.2, 0) is 19.1 Å². The lowest BCUT2D eigenvalue weighted by Gasteiger charge is -2.38. The molecule has 268 valence electrons. The van der Waals surface area contributed by atoms with Gasteiger partial charge in [-0.05, 0) is 88.6 Å². The molecule has 10 nitrogen and oxygen atoms in total. The van der Waals surface area contributed by atoms with E-state index in [1.807, 2.05) is 86.7 Å². The number of carbonyl (C=O) groups is 3. The molecule has 1 unspecified atom stereocenters. The largest absolute Gasteiger partial charge is 0.494 e. The van der Waals surface area contributed by atoms with Crippen LogP contribution in [0.15, 0.2) is 72.8 Å². The fraction of sp³-hybridized carbons (Fsp3) is 0.525. The molecular weight excluding hydrogens is 632 g/mol. The molecule has 4 aliphatic rings. The number of aliphatic hydroxyl groups excluding tert-OH is 1. The Morgan fingerprint density at radius 2 is 1.40 bits per heavy atom. The highest BCUT2D eigenvalue weighted by atomic mass is 16.5. The van der Waals surface area contributed by atoms with Gasteiger partial charge in [0.15, 0.2) is 0 Å². The Morgan fingerprint density at radius 1 is 0.780 bits per heavy atom. The molecule has 4 heterocycles. The summed E-state index contributed by atoms with van der Waals surface area (Å²) < 4.78 is 12.8. The maximum absolute atomic E-state index is 14.9. The van der Waals surface area contributed by atoms with Crippen LogP contribution in [0.25, 0.3) is 0 Å². The Labute approximate surface area is 296 Å². The summed E-state index contributed by atoms with van der Waals surface area (Å²) in [5.74, 6) is -1.60. The SMILES string of the molecule is CCOc1ccc(N2CC=C[C@]3(CC)O[C@]45C=CCN(c6ccc(N(CC)CC)cc6)C(=O)C4N(CCCCCCO)C(=O)[C@@H]5[C@@H]3C2=O)cc1. The van der Waals surface area contributed by atoms with E-state index in [-0.39, 0.29) is 24.3 Å². The van der Waals surface area contributed by atoms with Crippen LogP contribution in [0.3, 0.4) is 0 Å². The van der Waals surface area contributed by atoms with E-state index >= 15 is 0 Å². The fourth-order valence-corrected chi connectivity index (χ4v) is 8.53. The molecule has 2 fully saturated rings. The Bertz CT molecular complexity index is 1590. The third-order valence-corrected chi connectivity index (χ3v) is 11.0. The van der Waals surface area contributed by atoms with Crippen LogP contribution in [0, 0.1) is 11.8 Å². The number of hydrogen-bond acceptors (Lipinski definition) is 7. The lowest BCUT2D eigenvalue weighted by molar-refractivity contribution is -0.145. The summed E-state index contributed by atoms with van der Waals surface area (Å²) in [4.78, 5) is 52.1. The van der Waals surface area contributed by atoms with Crippen molar-refractivity contribution >= 4 is 34.8 Å². The molecule has 2 aromatic rings. The first-order valence-corrected chi connectivity index (χ1v) is 18.5. The van der Waals surface area contributed by atoms with Crippen molar-refractivity contribution in [3.05, 3.63) is 72.8 Å². The lowest BCUT2D eigenvalue weighted by atomic mass is 9.73. The molecule has 0 aromatic heterocycles. The van der Waals surface area contributed by atoms with Gasteiger partial charge < -0.3 is 34.2 Å². The van der Waals surface area contributed by atoms with Crippen LogP contribution in [-0.4, -0.2) is 90.9 Å². The van der Waals surface area contributed by atoms with Gasteiger partial charge >= 0.3 is 0 Å². The van der Waals surface area contributed by atoms with Crippen molar-refractivity contribution in [2.24, 2.45) is 11.8 Å². The molecule has 3 amide bonds. The fourth-order valence-electron chi connectivity index (χ4n) is 8.53. The number of anilines is 3. The van der Waals surface area contributed by atoms with Gasteiger partial charge in [-0.2, -0.15) is 0 Å². The summed E-state index contributed by atoms with van der Waals surface area (Å²) in [5.41, 5.74) is 0.165. The Hall–Kier alpha value is -4.15. The smallest absolute Gasteiger partial charge is 0.253 e. The van der Waals surface area contributed by atoms with E-state index in [0.717, 1.165) is 43.1 Å². The minimum atomic E-state index is -1.32. The van der Waals surface area contributed by atoms with E-state index < -0.39 is 29.1 Å². The maximum Gasteiger partial charge on any atom is 0.253 e. The van der Waals surface area contributed by atoms with E-state index in [9.17, 15) is 19.5 Å². The molecule has 6 rings (SSSR count). The van der Waals surface area contributed by atoms with Gasteiger partial charge in [0.25, 0.3) is 5.91 Å². The van der Waals surface area contributed by atoms with Crippen LogP contribution in [0.4, 0.5) is 17.1 Å². The molecule has 0 aliphatic carbocycles. The number of likely N-dealkylation sites (tertiary alicyclic amines) is 1. The van der Waals surface area contributed by atoms with Crippen LogP contribution in [0.1, 0.15) is 59.8 Å². The van der Waals surface area contributed by atoms with Crippen molar-refractivity contribution in [3.63, 3.8) is 0 Å². The van der Waals surface area contributed by atoms with E-state index in [2.05, 4.69) is 18.7 Å². The van der Waals surface area contributed by atoms with Gasteiger partial charge in [-0.1, -0.05) is 44.1 Å². The van der Waals surface area contributed by atoms with E-state index in [1.54, 1.807) is 14.7 Å². The standard InChI is InChI=1S/C40H52N4O6/c1-5-39-23-13-26-42(31-19-21-32(22-20-31)49-8-4)36(46)33(39)34-37(47)44(25-11-9-10-12-28-45)35-38(48)43(27-14-24-40(34,35)50-39)30-17-15-29(16-18-30)41(6-2)7-3/h13-24,33-35,45H,5-12,25-28H2,1-4H3/t33-,34+,35?,39+,40+/m1/s1. The summed E-state index contributed by atoms with van der Waals surface area (Å²) in [6.45, 7) is 11.6. The minimum absolute atomic E-state index is 0.122. The van der Waals surface area contributed by atoms with Gasteiger partial charge in [0.05, 0.1) is 24.0 Å². The zero-order valence-electron chi connectivity index (χ0n) is 29.9. The van der Waals surface area contributed by atoms with Crippen molar-refractivity contribution in [3.8, 4) is 5.75 Å². The number of amides is 3. The molecule has 10 heteroatoms. The number of rotatable bonds is 14. The van der Waals surface area contributed by atoms with Crippen LogP contribution in [0.5, 0.6) is 5.75 Å². The molecule has 0 saturated carbocycles. The Kier molecular flexibility index (Phi) is 10.7. The number of unbranched alkanes of at least 4 members (excludes halogenated alkanes) is 3. The minimum Gasteiger partial charge on any atom is -0.494 e. The van der Waals surface area contributed by atoms with Gasteiger partial charge in [-0.15, -0.1) is 0 Å². The number of benzene rings is 2. The molecule has 2 saturated heterocycles. The first-order valence-electron chi connectivity index (χ1n) is 18.5. The van der Waals surface area contributed by atoms with Crippen molar-refractivity contribution < 1.29 is 29.0 Å². The van der Waals surface area contributed by atoms with Crippen molar-refractivity contribution in [1.82, 2.24) is 4.90 Å². The zero-order valence-corrected chi connectivity index (χ0v) is 29.9. The van der Waals surface area contributed by atoms with Crippen LogP contribution >= 0.6 is 0 Å². The van der Waals surface area contributed by atoms with Gasteiger partial charge in [-0.25, -0.2) is 0 Å². The quantitative estimate of drug-likeness (QED) is 0.212. The Balaban J connectivity index is 1.39. The zero-order chi connectivity index (χ0) is 35.5. The highest BCUT2D eigenvalue weighted by Gasteiger charge is 2.75. The van der Waals surface area contributed by atoms with Crippen molar-refractivity contribution in [2.45, 2.75) is 77.0 Å². The van der Waals surface area contributed by atoms with Crippen molar-refractivity contribution in [2.75, 3.05) is 60.6 Å². The monoisotopic (exact) mass is 684 g/mol. The molecule has 0 radical (unpaired) electrons. The van der Waals surface area contributed by atoms with E-state index in [0.29, 0.717) is 51.2 Å². The second kappa shape index (κ2) is 15.0. The first-order chi connectivity index (χ1) is 24.3. The van der Waals surface area contributed by atoms with Gasteiger partial charge in [0, 0.05) is 56.4 Å². The number of nitrogens with zero attached hydrogens (tertiary/aromatic N) is 4. The molecule has 0 bridgehead atoms. The second-order valence-electron chi connectivity index (χ2n) is 13.6. The molecule has 50 heavy (non-hydrogen) atoms. The van der Waals surface area contributed by atoms with Crippen LogP contribution < -0.4 is 19.4 Å². The third-order valence-electron chi connectivity index (χ3n) is 11.0.